The van der Waals surface area contributed by atoms with Crippen LogP contribution < -0.4 is 9.30 Å². The van der Waals surface area contributed by atoms with Crippen LogP contribution in [0.5, 0.6) is 11.5 Å². The van der Waals surface area contributed by atoms with E-state index in [1.807, 2.05) is 258 Å². The highest BCUT2D eigenvalue weighted by atomic mass is 16.5. The molecule has 0 fully saturated rings. The lowest BCUT2D eigenvalue weighted by atomic mass is 9.89. The van der Waals surface area contributed by atoms with E-state index in [9.17, 15) is 9.60 Å². The third kappa shape index (κ3) is 9.63. The van der Waals surface area contributed by atoms with Crippen molar-refractivity contribution in [3.05, 3.63) is 321 Å². The molecule has 0 unspecified atom stereocenters. The maximum absolute atomic E-state index is 10.3. The van der Waals surface area contributed by atoms with Crippen LogP contribution in [0.3, 0.4) is 0 Å². The Morgan fingerprint density at radius 1 is 0.400 bits per heavy atom. The van der Waals surface area contributed by atoms with E-state index in [1.165, 1.54) is 6.92 Å². The Morgan fingerprint density at radius 2 is 0.906 bits per heavy atom. The van der Waals surface area contributed by atoms with Gasteiger partial charge in [0.25, 0.3) is 6.33 Å². The SMILES string of the molecule is [2H]c1nc(-n2c3ccc(-c4ccccc4)cc3c3ccc(Oc4cccc(-n5[c-][n+](-c6c(-c7c([2H])c(-c8ccccc8)c([2H])c(-c8ccccc8)c7[2H])cccc6-c6c([2H])c(-c7ccccc7)c([2H])c(-c7ccccc7)c6[2H])c6ccccc65)c4)cc32)c([2H])c(C([2H])([2H])[2H])c1C. The predicted octanol–water partition coefficient (Wildman–Crippen LogP) is 20.3. The van der Waals surface area contributed by atoms with Crippen molar-refractivity contribution in [1.82, 2.24) is 14.1 Å². The number of ether oxygens (including phenoxy) is 1. The van der Waals surface area contributed by atoms with Crippen molar-refractivity contribution in [3.8, 4) is 107 Å². The summed E-state index contributed by atoms with van der Waals surface area (Å²) in [4.78, 5) is 4.60. The maximum atomic E-state index is 10.3. The number of nitrogens with zero attached hydrogens (tertiary/aromatic N) is 4. The molecule has 5 heteroatoms. The van der Waals surface area contributed by atoms with E-state index < -0.39 is 6.85 Å². The van der Waals surface area contributed by atoms with Gasteiger partial charge in [-0.25, -0.2) is 4.98 Å². The average Bonchev–Trinajstić information content (AvgIpc) is 1.28. The molecule has 0 spiro atoms. The minimum atomic E-state index is -2.70. The highest BCUT2D eigenvalue weighted by Crippen LogP contribution is 2.42. The fraction of sp³-hybridized carbons (Fsp3) is 0.0250. The van der Waals surface area contributed by atoms with Crippen LogP contribution in [-0.4, -0.2) is 14.1 Å². The summed E-state index contributed by atoms with van der Waals surface area (Å²) < 4.78 is 117. The van der Waals surface area contributed by atoms with Gasteiger partial charge >= 0.3 is 0 Å². The summed E-state index contributed by atoms with van der Waals surface area (Å²) >= 11 is 0. The molecule has 12 aromatic carbocycles. The van der Waals surface area contributed by atoms with Crippen LogP contribution in [0, 0.1) is 20.1 Å². The van der Waals surface area contributed by atoms with Crippen molar-refractivity contribution in [2.24, 2.45) is 0 Å². The van der Waals surface area contributed by atoms with Gasteiger partial charge in [0.1, 0.15) is 17.3 Å². The molecule has 5 nitrogen and oxygen atoms in total. The van der Waals surface area contributed by atoms with Gasteiger partial charge in [0.15, 0.2) is 0 Å². The number of hydrogen-bond donors (Lipinski definition) is 0. The average molecular weight is 1100 g/mol. The van der Waals surface area contributed by atoms with Crippen LogP contribution in [0.4, 0.5) is 0 Å². The van der Waals surface area contributed by atoms with Gasteiger partial charge in [-0.05, 0) is 188 Å². The number of rotatable bonds is 12. The first-order chi connectivity index (χ1) is 46.5. The molecule has 0 amide bonds. The second kappa shape index (κ2) is 21.6. The van der Waals surface area contributed by atoms with Gasteiger partial charge in [-0.15, -0.1) is 0 Å². The van der Waals surface area contributed by atoms with Gasteiger partial charge in [0.2, 0.25) is 0 Å². The van der Waals surface area contributed by atoms with Crippen molar-refractivity contribution in [3.63, 3.8) is 0 Å². The van der Waals surface area contributed by atoms with Crippen molar-refractivity contribution in [2.75, 3.05) is 0 Å². The van der Waals surface area contributed by atoms with Gasteiger partial charge in [-0.2, -0.15) is 0 Å². The van der Waals surface area contributed by atoms with Gasteiger partial charge in [-0.3, -0.25) is 13.7 Å². The minimum Gasteiger partial charge on any atom is -0.458 e. The zero-order chi connectivity index (χ0) is 66.3. The summed E-state index contributed by atoms with van der Waals surface area (Å²) in [7, 11) is 0. The summed E-state index contributed by atoms with van der Waals surface area (Å²) in [5.74, 6) is 0.831. The molecule has 3 aromatic heterocycles. The Hall–Kier alpha value is -11.1. The molecule has 3 heterocycles. The number of imidazole rings is 1. The number of benzene rings is 12. The monoisotopic (exact) mass is 1100 g/mol. The summed E-state index contributed by atoms with van der Waals surface area (Å²) in [5, 5.41) is 1.60. The van der Waals surface area contributed by atoms with Crippen LogP contribution in [-0.2, 0) is 0 Å². The molecule has 0 atom stereocenters. The van der Waals surface area contributed by atoms with E-state index in [4.69, 9.17) is 10.2 Å². The second-order valence-corrected chi connectivity index (χ2v) is 20.8. The molecule has 0 aliphatic rings. The lowest BCUT2D eigenvalue weighted by Gasteiger charge is -2.20. The minimum absolute atomic E-state index is 0.00413. The number of para-hydroxylation sites is 3. The third-order valence-corrected chi connectivity index (χ3v) is 15.4. The molecule has 15 aromatic rings. The summed E-state index contributed by atoms with van der Waals surface area (Å²) in [5.41, 5.74) is 10.3. The molecule has 0 radical (unpaired) electrons. The van der Waals surface area contributed by atoms with Crippen molar-refractivity contribution < 1.29 is 24.4 Å². The zero-order valence-electron chi connectivity index (χ0n) is 56.9. The zero-order valence-corrected chi connectivity index (χ0v) is 45.9. The van der Waals surface area contributed by atoms with Crippen LogP contribution in [0.2, 0.25) is 0 Å². The van der Waals surface area contributed by atoms with Gasteiger partial charge in [-0.1, -0.05) is 206 Å². The molecule has 0 bridgehead atoms. The fourth-order valence-electron chi connectivity index (χ4n) is 11.3. The van der Waals surface area contributed by atoms with Crippen molar-refractivity contribution in [1.29, 1.82) is 0 Å². The number of fused-ring (bicyclic) bond motifs is 4. The highest BCUT2D eigenvalue weighted by Gasteiger charge is 2.23. The van der Waals surface area contributed by atoms with E-state index in [-0.39, 0.29) is 76.5 Å². The van der Waals surface area contributed by atoms with E-state index in [0.29, 0.717) is 101 Å². The molecule has 0 saturated carbocycles. The first-order valence-corrected chi connectivity index (χ1v) is 28.0. The maximum Gasteiger partial charge on any atom is 0.269 e. The third-order valence-electron chi connectivity index (χ3n) is 15.4. The standard InChI is InChI=1S/C80H56N4O/c1-54-42-79(81-52-55(54)2)84-75-41-38-61(56-22-8-3-9-23-56)49-74(75)73-40-39-70(51-78(73)84)85-69-33-20-32-68(50-69)82-53-83(77-37-19-18-36-76(77)82)80-71(66-45-62(57-24-10-4-11-25-57)43-63(46-66)58-26-12-5-13-27-58)34-21-35-72(80)67-47-64(59-28-14-6-15-29-59)44-65(48-67)60-30-16-7-17-31-60/h3-52H,1-2H3/i1D3,42D,43D,44D,45D,46D,47D,48D,52D. The van der Waals surface area contributed by atoms with Crippen LogP contribution in [0.1, 0.15) is 26.2 Å². The Kier molecular flexibility index (Phi) is 10.2. The van der Waals surface area contributed by atoms with Crippen molar-refractivity contribution >= 4 is 32.8 Å². The summed E-state index contributed by atoms with van der Waals surface area (Å²) in [6, 6.07) is 79.0. The fourth-order valence-corrected chi connectivity index (χ4v) is 11.3. The smallest absolute Gasteiger partial charge is 0.269 e. The summed E-state index contributed by atoms with van der Waals surface area (Å²) in [6.07, 6.45) is 3.46. The molecular formula is C80H56N4O. The van der Waals surface area contributed by atoms with E-state index in [0.717, 1.165) is 21.9 Å². The molecule has 85 heavy (non-hydrogen) atoms. The number of pyridine rings is 1. The molecule has 15 rings (SSSR count). The van der Waals surface area contributed by atoms with E-state index in [1.54, 1.807) is 4.57 Å². The molecule has 0 saturated heterocycles. The van der Waals surface area contributed by atoms with E-state index in [2.05, 4.69) is 17.4 Å². The number of aromatic nitrogens is 4. The Balaban J connectivity index is 0.953. The Bertz CT molecular complexity index is 5290. The Labute approximate surface area is 510 Å². The topological polar surface area (TPSA) is 35.9 Å². The summed E-state index contributed by atoms with van der Waals surface area (Å²) in [6.45, 7) is -1.19. The van der Waals surface area contributed by atoms with Crippen LogP contribution >= 0.6 is 0 Å². The van der Waals surface area contributed by atoms with Crippen molar-refractivity contribution in [2.45, 2.75) is 13.8 Å². The Morgan fingerprint density at radius 3 is 1.47 bits per heavy atom. The number of hydrogen-bond acceptors (Lipinski definition) is 2. The molecular weight excluding hydrogens is 1030 g/mol. The van der Waals surface area contributed by atoms with Gasteiger partial charge in [0, 0.05) is 27.1 Å². The first kappa shape index (κ1) is 40.1. The first-order valence-electron chi connectivity index (χ1n) is 33.5. The molecule has 0 aliphatic carbocycles. The predicted molar refractivity (Wildman–Crippen MR) is 350 cm³/mol. The molecule has 402 valence electrons. The highest BCUT2D eigenvalue weighted by molar-refractivity contribution is 6.11. The largest absolute Gasteiger partial charge is 0.458 e. The van der Waals surface area contributed by atoms with Gasteiger partial charge in [0.05, 0.1) is 44.4 Å². The second-order valence-electron chi connectivity index (χ2n) is 20.8. The lowest BCUT2D eigenvalue weighted by Crippen LogP contribution is -2.31. The normalized spacial score (nSPS) is 13.4. The van der Waals surface area contributed by atoms with Gasteiger partial charge < -0.3 is 4.74 Å². The van der Waals surface area contributed by atoms with E-state index >= 15 is 0 Å². The quantitative estimate of drug-likeness (QED) is 0.0903. The van der Waals surface area contributed by atoms with Crippen LogP contribution in [0.25, 0.3) is 128 Å². The molecule has 0 N–H and O–H groups in total. The lowest BCUT2D eigenvalue weighted by molar-refractivity contribution is -0.571. The molecule has 0 aliphatic heterocycles. The van der Waals surface area contributed by atoms with Crippen LogP contribution in [0.15, 0.2) is 303 Å².